The maximum absolute atomic E-state index is 11.8. The van der Waals surface area contributed by atoms with Gasteiger partial charge in [0.25, 0.3) is 0 Å². The number of carboxylic acids is 1. The lowest BCUT2D eigenvalue weighted by atomic mass is 10.0. The first-order valence-corrected chi connectivity index (χ1v) is 5.53. The molecule has 17 heavy (non-hydrogen) atoms. The van der Waals surface area contributed by atoms with Crippen LogP contribution in [0, 0.1) is 0 Å². The third-order valence-electron chi connectivity index (χ3n) is 3.08. The van der Waals surface area contributed by atoms with Crippen LogP contribution in [-0.4, -0.2) is 54.4 Å². The van der Waals surface area contributed by atoms with Crippen LogP contribution in [-0.2, 0) is 9.53 Å². The van der Waals surface area contributed by atoms with E-state index in [1.807, 2.05) is 20.8 Å². The van der Waals surface area contributed by atoms with Gasteiger partial charge in [-0.05, 0) is 20.3 Å². The van der Waals surface area contributed by atoms with Gasteiger partial charge in [-0.25, -0.2) is 9.59 Å². The Morgan fingerprint density at radius 1 is 1.47 bits per heavy atom. The summed E-state index contributed by atoms with van der Waals surface area (Å²) in [5.74, 6) is -1.09. The maximum Gasteiger partial charge on any atom is 0.334 e. The molecule has 1 unspecified atom stereocenters. The smallest absolute Gasteiger partial charge is 0.334 e. The Balaban J connectivity index is 4.32. The molecular formula is C11H22N2O4. The van der Waals surface area contributed by atoms with E-state index in [1.54, 1.807) is 11.9 Å². The van der Waals surface area contributed by atoms with Crippen LogP contribution in [0.4, 0.5) is 4.79 Å². The van der Waals surface area contributed by atoms with Crippen LogP contribution in [0.2, 0.25) is 0 Å². The fourth-order valence-corrected chi connectivity index (χ4v) is 1.08. The van der Waals surface area contributed by atoms with Crippen molar-refractivity contribution in [2.75, 3.05) is 20.7 Å². The van der Waals surface area contributed by atoms with Crippen molar-refractivity contribution in [3.05, 3.63) is 0 Å². The number of carboxylic acid groups (broad SMARTS) is 1. The van der Waals surface area contributed by atoms with E-state index in [9.17, 15) is 9.59 Å². The number of carbonyl (C=O) groups is 2. The number of methoxy groups -OCH3 is 1. The van der Waals surface area contributed by atoms with Gasteiger partial charge in [0.15, 0.2) is 6.10 Å². The quantitative estimate of drug-likeness (QED) is 0.730. The Hall–Kier alpha value is -1.30. The highest BCUT2D eigenvalue weighted by Gasteiger charge is 2.26. The second-order valence-corrected chi connectivity index (χ2v) is 4.47. The largest absolute Gasteiger partial charge is 0.479 e. The van der Waals surface area contributed by atoms with Crippen molar-refractivity contribution in [3.63, 3.8) is 0 Å². The van der Waals surface area contributed by atoms with Crippen molar-refractivity contribution in [2.24, 2.45) is 0 Å². The second-order valence-electron chi connectivity index (χ2n) is 4.47. The van der Waals surface area contributed by atoms with Crippen LogP contribution in [0.3, 0.4) is 0 Å². The number of aliphatic carboxylic acids is 1. The lowest BCUT2D eigenvalue weighted by Gasteiger charge is -2.34. The molecule has 0 rings (SSSR count). The van der Waals surface area contributed by atoms with E-state index in [1.165, 1.54) is 7.11 Å². The van der Waals surface area contributed by atoms with E-state index < -0.39 is 12.1 Å². The molecule has 0 aliphatic heterocycles. The molecule has 6 heteroatoms. The first-order chi connectivity index (χ1) is 7.76. The van der Waals surface area contributed by atoms with Gasteiger partial charge in [0.2, 0.25) is 0 Å². The molecule has 0 saturated carbocycles. The van der Waals surface area contributed by atoms with Crippen LogP contribution in [0.15, 0.2) is 0 Å². The minimum atomic E-state index is -1.09. The number of ether oxygens (including phenoxy) is 1. The highest BCUT2D eigenvalue weighted by molar-refractivity contribution is 5.77. The van der Waals surface area contributed by atoms with Crippen molar-refractivity contribution < 1.29 is 19.4 Å². The molecule has 0 saturated heterocycles. The first kappa shape index (κ1) is 15.7. The zero-order valence-electron chi connectivity index (χ0n) is 11.1. The molecule has 0 aromatic carbocycles. The molecule has 2 amide bonds. The van der Waals surface area contributed by atoms with Crippen molar-refractivity contribution >= 4 is 12.0 Å². The number of carbonyl (C=O) groups excluding carboxylic acids is 1. The Labute approximate surface area is 102 Å². The normalized spacial score (nSPS) is 13.0. The Morgan fingerprint density at radius 3 is 2.35 bits per heavy atom. The van der Waals surface area contributed by atoms with Gasteiger partial charge in [0.1, 0.15) is 0 Å². The SMILES string of the molecule is CCC(C)(C)N(C)C(=O)NCC(OC)C(=O)O. The Bertz CT molecular complexity index is 279. The molecule has 0 aromatic rings. The van der Waals surface area contributed by atoms with Gasteiger partial charge in [0, 0.05) is 19.7 Å². The molecule has 0 heterocycles. The molecule has 1 atom stereocenters. The summed E-state index contributed by atoms with van der Waals surface area (Å²) in [4.78, 5) is 24.0. The maximum atomic E-state index is 11.8. The number of rotatable bonds is 6. The molecule has 0 spiro atoms. The topological polar surface area (TPSA) is 78.9 Å². The summed E-state index contributed by atoms with van der Waals surface area (Å²) in [6, 6.07) is -0.305. The number of amides is 2. The predicted octanol–water partition coefficient (Wildman–Crippen LogP) is 0.916. The van der Waals surface area contributed by atoms with Crippen LogP contribution in [0.25, 0.3) is 0 Å². The monoisotopic (exact) mass is 246 g/mol. The van der Waals surface area contributed by atoms with Crippen molar-refractivity contribution in [1.82, 2.24) is 10.2 Å². The molecule has 0 fully saturated rings. The highest BCUT2D eigenvalue weighted by Crippen LogP contribution is 2.15. The molecule has 2 N–H and O–H groups in total. The zero-order valence-corrected chi connectivity index (χ0v) is 11.1. The van der Waals surface area contributed by atoms with E-state index in [-0.39, 0.29) is 18.1 Å². The van der Waals surface area contributed by atoms with E-state index in [2.05, 4.69) is 5.32 Å². The second kappa shape index (κ2) is 6.44. The average Bonchev–Trinajstić information content (AvgIpc) is 2.28. The van der Waals surface area contributed by atoms with Gasteiger partial charge < -0.3 is 20.1 Å². The number of nitrogens with one attached hydrogen (secondary N) is 1. The summed E-state index contributed by atoms with van der Waals surface area (Å²) >= 11 is 0. The number of hydrogen-bond donors (Lipinski definition) is 2. The van der Waals surface area contributed by atoms with Crippen LogP contribution >= 0.6 is 0 Å². The molecule has 100 valence electrons. The summed E-state index contributed by atoms with van der Waals surface area (Å²) in [6.07, 6.45) is -0.208. The van der Waals surface area contributed by atoms with E-state index in [0.29, 0.717) is 0 Å². The van der Waals surface area contributed by atoms with Gasteiger partial charge in [-0.1, -0.05) is 6.92 Å². The lowest BCUT2D eigenvalue weighted by Crippen LogP contribution is -2.51. The summed E-state index contributed by atoms with van der Waals surface area (Å²) < 4.78 is 4.72. The summed E-state index contributed by atoms with van der Waals surface area (Å²) in [7, 11) is 2.98. The summed E-state index contributed by atoms with van der Waals surface area (Å²) in [5, 5.41) is 11.3. The van der Waals surface area contributed by atoms with E-state index in [0.717, 1.165) is 6.42 Å². The highest BCUT2D eigenvalue weighted by atomic mass is 16.5. The third-order valence-corrected chi connectivity index (χ3v) is 3.08. The van der Waals surface area contributed by atoms with Gasteiger partial charge in [-0.2, -0.15) is 0 Å². The fourth-order valence-electron chi connectivity index (χ4n) is 1.08. The third kappa shape index (κ3) is 4.60. The summed E-state index contributed by atoms with van der Waals surface area (Å²) in [5.41, 5.74) is -0.268. The Kier molecular flexibility index (Phi) is 5.95. The number of urea groups is 1. The minimum Gasteiger partial charge on any atom is -0.479 e. The molecular weight excluding hydrogens is 224 g/mol. The number of hydrogen-bond acceptors (Lipinski definition) is 3. The Morgan fingerprint density at radius 2 is 2.00 bits per heavy atom. The van der Waals surface area contributed by atoms with Crippen molar-refractivity contribution in [3.8, 4) is 0 Å². The van der Waals surface area contributed by atoms with E-state index >= 15 is 0 Å². The number of nitrogens with zero attached hydrogens (tertiary/aromatic N) is 1. The first-order valence-electron chi connectivity index (χ1n) is 5.53. The molecule has 0 bridgehead atoms. The molecule has 0 aliphatic carbocycles. The van der Waals surface area contributed by atoms with Gasteiger partial charge in [-0.15, -0.1) is 0 Å². The van der Waals surface area contributed by atoms with Crippen LogP contribution in [0.1, 0.15) is 27.2 Å². The fraction of sp³-hybridized carbons (Fsp3) is 0.818. The minimum absolute atomic E-state index is 0.0468. The molecule has 0 radical (unpaired) electrons. The van der Waals surface area contributed by atoms with Gasteiger partial charge in [-0.3, -0.25) is 0 Å². The van der Waals surface area contributed by atoms with Crippen LogP contribution in [0.5, 0.6) is 0 Å². The zero-order chi connectivity index (χ0) is 13.6. The van der Waals surface area contributed by atoms with Crippen molar-refractivity contribution in [1.29, 1.82) is 0 Å². The molecule has 0 aromatic heterocycles. The van der Waals surface area contributed by atoms with Crippen molar-refractivity contribution in [2.45, 2.75) is 38.8 Å². The standard InChI is InChI=1S/C11H22N2O4/c1-6-11(2,3)13(4)10(16)12-7-8(17-5)9(14)15/h8H,6-7H2,1-5H3,(H,12,16)(H,14,15). The molecule has 0 aliphatic rings. The van der Waals surface area contributed by atoms with Crippen LogP contribution < -0.4 is 5.32 Å². The molecule has 6 nitrogen and oxygen atoms in total. The predicted molar refractivity (Wildman–Crippen MR) is 64.0 cm³/mol. The van der Waals surface area contributed by atoms with E-state index in [4.69, 9.17) is 9.84 Å². The summed E-state index contributed by atoms with van der Waals surface area (Å²) in [6.45, 7) is 5.82. The average molecular weight is 246 g/mol. The van der Waals surface area contributed by atoms with Gasteiger partial charge >= 0.3 is 12.0 Å². The van der Waals surface area contributed by atoms with Gasteiger partial charge in [0.05, 0.1) is 6.54 Å². The lowest BCUT2D eigenvalue weighted by molar-refractivity contribution is -0.148.